The van der Waals surface area contributed by atoms with E-state index in [-0.39, 0.29) is 28.8 Å². The van der Waals surface area contributed by atoms with Gasteiger partial charge in [-0.25, -0.2) is 4.79 Å². The van der Waals surface area contributed by atoms with Crippen LogP contribution >= 0.6 is 23.3 Å². The van der Waals surface area contributed by atoms with Crippen LogP contribution in [0.2, 0.25) is 0 Å². The van der Waals surface area contributed by atoms with Crippen molar-refractivity contribution in [3.8, 4) is 0 Å². The third-order valence-electron chi connectivity index (χ3n) is 5.78. The van der Waals surface area contributed by atoms with Crippen molar-refractivity contribution in [2.45, 2.75) is 42.3 Å². The van der Waals surface area contributed by atoms with E-state index in [1.54, 1.807) is 0 Å². The molecular weight excluding hydrogens is 606 g/mol. The predicted molar refractivity (Wildman–Crippen MR) is 137 cm³/mol. The molecule has 2 atom stereocenters. The average molecular weight is 628 g/mol. The van der Waals surface area contributed by atoms with Gasteiger partial charge in [0.2, 0.25) is 17.1 Å². The van der Waals surface area contributed by atoms with E-state index in [1.807, 2.05) is 0 Å². The molecule has 41 heavy (non-hydrogen) atoms. The number of carboxylic acids is 2. The molecule has 0 unspecified atom stereocenters. The maximum atomic E-state index is 13.1. The van der Waals surface area contributed by atoms with Gasteiger partial charge in [-0.05, 0) is 19.9 Å². The predicted octanol–water partition coefficient (Wildman–Crippen LogP) is -2.66. The molecule has 0 saturated carbocycles. The second-order valence-electron chi connectivity index (χ2n) is 9.09. The van der Waals surface area contributed by atoms with E-state index in [0.29, 0.717) is 0 Å². The van der Waals surface area contributed by atoms with Crippen LogP contribution in [0.15, 0.2) is 45.8 Å². The first kappa shape index (κ1) is 29.8. The van der Waals surface area contributed by atoms with Crippen molar-refractivity contribution in [3.05, 3.63) is 41.6 Å². The molecule has 2 aliphatic rings. The first-order valence-corrected chi connectivity index (χ1v) is 14.6. The summed E-state index contributed by atoms with van der Waals surface area (Å²) in [5, 5.41) is 26.5. The number of carboxylic acid groups (broad SMARTS) is 2. The zero-order valence-corrected chi connectivity index (χ0v) is 23.5. The summed E-state index contributed by atoms with van der Waals surface area (Å²) in [7, 11) is -4.51. The van der Waals surface area contributed by atoms with Crippen LogP contribution in [0.1, 0.15) is 19.7 Å². The number of fused-ring (bicyclic) bond motifs is 1. The van der Waals surface area contributed by atoms with Crippen LogP contribution in [-0.4, -0.2) is 84.6 Å². The van der Waals surface area contributed by atoms with Gasteiger partial charge in [-0.2, -0.15) is 22.3 Å². The van der Waals surface area contributed by atoms with Crippen molar-refractivity contribution >= 4 is 68.0 Å². The fourth-order valence-corrected chi connectivity index (χ4v) is 5.98. The molecule has 1 fully saturated rings. The number of β-lactam (4-membered cyclic amide) rings is 1. The number of rotatable bonds is 10. The van der Waals surface area contributed by atoms with Gasteiger partial charge in [-0.1, -0.05) is 5.16 Å². The van der Waals surface area contributed by atoms with Crippen molar-refractivity contribution in [2.75, 3.05) is 11.5 Å². The lowest BCUT2D eigenvalue weighted by Gasteiger charge is -2.50. The number of pyridine rings is 1. The zero-order valence-electron chi connectivity index (χ0n) is 21.1. The van der Waals surface area contributed by atoms with E-state index in [1.165, 1.54) is 30.7 Å². The van der Waals surface area contributed by atoms with Crippen molar-refractivity contribution in [1.82, 2.24) is 19.6 Å². The first-order valence-electron chi connectivity index (χ1n) is 11.3. The van der Waals surface area contributed by atoms with Crippen molar-refractivity contribution in [3.63, 3.8) is 0 Å². The number of amides is 2. The van der Waals surface area contributed by atoms with Crippen LogP contribution in [0, 0.1) is 0 Å². The molecule has 20 heteroatoms. The third kappa shape index (κ3) is 6.14. The highest BCUT2D eigenvalue weighted by Gasteiger charge is 2.53. The van der Waals surface area contributed by atoms with E-state index in [0.717, 1.165) is 40.5 Å². The average Bonchev–Trinajstić information content (AvgIpc) is 3.32. The van der Waals surface area contributed by atoms with E-state index in [2.05, 4.69) is 19.8 Å². The second kappa shape index (κ2) is 11.0. The number of aliphatic carboxylic acids is 2. The minimum Gasteiger partial charge on any atom is -0.543 e. The van der Waals surface area contributed by atoms with Gasteiger partial charge in [0.15, 0.2) is 29.0 Å². The summed E-state index contributed by atoms with van der Waals surface area (Å²) >= 11 is 1.85. The molecule has 218 valence electrons. The largest absolute Gasteiger partial charge is 0.543 e. The highest BCUT2D eigenvalue weighted by atomic mass is 32.2. The molecule has 17 nitrogen and oxygen atoms in total. The lowest BCUT2D eigenvalue weighted by atomic mass is 10.0. The molecule has 2 amide bonds. The monoisotopic (exact) mass is 627 g/mol. The van der Waals surface area contributed by atoms with Crippen LogP contribution < -0.4 is 20.7 Å². The zero-order chi connectivity index (χ0) is 30.3. The number of anilines is 1. The molecule has 0 spiro atoms. The smallest absolute Gasteiger partial charge is 0.350 e. The lowest BCUT2D eigenvalue weighted by Crippen LogP contribution is -2.71. The van der Waals surface area contributed by atoms with E-state index in [4.69, 9.17) is 10.6 Å². The number of carbonyl (C=O) groups is 4. The molecule has 4 heterocycles. The molecule has 0 radical (unpaired) electrons. The highest BCUT2D eigenvalue weighted by Crippen LogP contribution is 2.40. The number of nitrogens with one attached hydrogen (secondary N) is 1. The Morgan fingerprint density at radius 1 is 1.39 bits per heavy atom. The molecule has 2 aliphatic heterocycles. The van der Waals surface area contributed by atoms with Crippen LogP contribution in [0.4, 0.5) is 5.13 Å². The van der Waals surface area contributed by atoms with Crippen molar-refractivity contribution in [1.29, 1.82) is 0 Å². The number of thioether (sulfide) groups is 1. The summed E-state index contributed by atoms with van der Waals surface area (Å²) in [5.74, 6) is -5.06. The van der Waals surface area contributed by atoms with Gasteiger partial charge in [-0.15, -0.1) is 11.8 Å². The number of hydrogen-bond acceptors (Lipinski definition) is 14. The fraction of sp³-hybridized carbons (Fsp3) is 0.333. The maximum Gasteiger partial charge on any atom is 0.350 e. The summed E-state index contributed by atoms with van der Waals surface area (Å²) in [6.45, 7) is 2.23. The standard InChI is InChI=1S/C21H21N7O10S3/c1-21(2,19(33)34)38-25-11(14-24-20(22)40-26-14)15(29)23-12-16(30)28-13(18(31)32)9(8-39-17(12)28)6-27-5-3-4-10(7-27)41(35,36)37/h3-5,7,12,17H,6,8H2,1-2H3,(H5-,22,23,24,26,29,31,32,33,34,35,36,37)/b25-11-/t12-,17+/m1/s1. The quantitative estimate of drug-likeness (QED) is 0.0689. The third-order valence-corrected chi connectivity index (χ3v) is 8.50. The number of nitrogens with zero attached hydrogens (tertiary/aromatic N) is 5. The minimum absolute atomic E-state index is 0.0250. The second-order valence-corrected chi connectivity index (χ2v) is 12.4. The number of nitrogens with two attached hydrogens (primary N) is 1. The number of carbonyl (C=O) groups excluding carboxylic acids is 3. The minimum atomic E-state index is -4.51. The fourth-order valence-electron chi connectivity index (χ4n) is 3.69. The molecule has 1 saturated heterocycles. The van der Waals surface area contributed by atoms with Crippen molar-refractivity contribution < 1.29 is 51.8 Å². The normalized spacial score (nSPS) is 19.3. The Kier molecular flexibility index (Phi) is 8.02. The maximum absolute atomic E-state index is 13.1. The van der Waals surface area contributed by atoms with Gasteiger partial charge >= 0.3 is 5.97 Å². The molecule has 5 N–H and O–H groups in total. The molecular formula is C21H21N7O10S3. The Balaban J connectivity index is 1.57. The van der Waals surface area contributed by atoms with Crippen LogP contribution in [0.25, 0.3) is 0 Å². The first-order chi connectivity index (χ1) is 19.1. The van der Waals surface area contributed by atoms with Crippen LogP contribution in [-0.2, 0) is 40.7 Å². The molecule has 0 aliphatic carbocycles. The van der Waals surface area contributed by atoms with Gasteiger partial charge in [0.1, 0.15) is 11.4 Å². The molecule has 2 aromatic heterocycles. The van der Waals surface area contributed by atoms with Gasteiger partial charge in [-0.3, -0.25) is 19.0 Å². The molecule has 0 aromatic carbocycles. The van der Waals surface area contributed by atoms with Gasteiger partial charge < -0.3 is 30.9 Å². The molecule has 0 bridgehead atoms. The van der Waals surface area contributed by atoms with Crippen LogP contribution in [0.3, 0.4) is 0 Å². The lowest BCUT2D eigenvalue weighted by molar-refractivity contribution is -0.690. The van der Waals surface area contributed by atoms with E-state index < -0.39 is 67.2 Å². The molecule has 4 rings (SSSR count). The number of oxime groups is 1. The number of aromatic nitrogens is 3. The summed E-state index contributed by atoms with van der Waals surface area (Å²) < 4.78 is 37.4. The number of nitrogen functional groups attached to an aromatic ring is 1. The van der Waals surface area contributed by atoms with Gasteiger partial charge in [0.25, 0.3) is 21.9 Å². The summed E-state index contributed by atoms with van der Waals surface area (Å²) in [6.07, 6.45) is 2.54. The Hall–Kier alpha value is -4.14. The highest BCUT2D eigenvalue weighted by molar-refractivity contribution is 8.00. The Morgan fingerprint density at radius 3 is 2.68 bits per heavy atom. The topological polar surface area (TPSA) is 258 Å². The Labute approximate surface area is 239 Å². The Bertz CT molecular complexity index is 1620. The summed E-state index contributed by atoms with van der Waals surface area (Å²) in [4.78, 5) is 59.0. The SMILES string of the molecule is CC(C)(O/N=C(\C(=O)N[C@@H]1C(=O)N2C(C(=O)[O-])=C(C[n+]3cccc(S(=O)(=O)O)c3)CS[C@@H]12)c1nsc(N)n1)C(=O)O. The van der Waals surface area contributed by atoms with E-state index in [9.17, 15) is 42.4 Å². The number of hydrogen-bond donors (Lipinski definition) is 4. The van der Waals surface area contributed by atoms with Crippen molar-refractivity contribution in [2.24, 2.45) is 5.16 Å². The Morgan fingerprint density at radius 2 is 2.10 bits per heavy atom. The van der Waals surface area contributed by atoms with E-state index >= 15 is 0 Å². The van der Waals surface area contributed by atoms with Gasteiger partial charge in [0, 0.05) is 28.9 Å². The molecule has 2 aromatic rings. The summed E-state index contributed by atoms with van der Waals surface area (Å²) in [5.41, 5.74) is 2.96. The van der Waals surface area contributed by atoms with Crippen LogP contribution in [0.5, 0.6) is 0 Å². The van der Waals surface area contributed by atoms with Gasteiger partial charge in [0.05, 0.1) is 11.7 Å². The summed E-state index contributed by atoms with van der Waals surface area (Å²) in [6, 6.07) is 1.28.